The molecular weight excluding hydrogens is 514 g/mol. The molecule has 2 aliphatic heterocycles. The van der Waals surface area contributed by atoms with E-state index < -0.39 is 76.6 Å². The van der Waals surface area contributed by atoms with Gasteiger partial charge in [0, 0.05) is 17.7 Å². The highest BCUT2D eigenvalue weighted by atomic mass is 16.8. The number of Topliss-reactive ketones (excluding diaryl/α,β-unsaturated/α-hetero) is 1. The van der Waals surface area contributed by atoms with E-state index >= 15 is 0 Å². The Balaban J connectivity index is 2.26. The molecule has 210 valence electrons. The van der Waals surface area contributed by atoms with Crippen molar-refractivity contribution in [3.63, 3.8) is 0 Å². The molecule has 2 atom stereocenters. The van der Waals surface area contributed by atoms with Crippen molar-refractivity contribution in [2.75, 3.05) is 20.8 Å². The molecule has 2 heterocycles. The predicted molar refractivity (Wildman–Crippen MR) is 107 cm³/mol. The third-order valence-electron chi connectivity index (χ3n) is 6.79. The van der Waals surface area contributed by atoms with E-state index in [9.17, 15) is 76.3 Å². The number of aliphatic hydroxyl groups is 14. The minimum absolute atomic E-state index is 0.0937. The molecule has 1 aromatic carbocycles. The van der Waals surface area contributed by atoms with Gasteiger partial charge in [0.25, 0.3) is 17.3 Å². The lowest BCUT2D eigenvalue weighted by atomic mass is 9.70. The first-order valence-electron chi connectivity index (χ1n) is 10.2. The maximum absolute atomic E-state index is 13.0. The van der Waals surface area contributed by atoms with Crippen LogP contribution in [0.3, 0.4) is 0 Å². The number of ether oxygens (including phenoxy) is 2. The van der Waals surface area contributed by atoms with Crippen LogP contribution in [0, 0.1) is 5.92 Å². The third kappa shape index (κ3) is 3.67. The van der Waals surface area contributed by atoms with Crippen LogP contribution in [-0.2, 0) is 16.3 Å². The van der Waals surface area contributed by atoms with Crippen molar-refractivity contribution < 1.29 is 85.8 Å². The molecule has 0 aliphatic carbocycles. The summed E-state index contributed by atoms with van der Waals surface area (Å²) in [6.07, 6.45) is -1.41. The van der Waals surface area contributed by atoms with Gasteiger partial charge >= 0.3 is 11.9 Å². The van der Waals surface area contributed by atoms with Crippen LogP contribution in [0.5, 0.6) is 11.5 Å². The van der Waals surface area contributed by atoms with Gasteiger partial charge in [-0.05, 0) is 12.1 Å². The first kappa shape index (κ1) is 29.4. The van der Waals surface area contributed by atoms with Crippen molar-refractivity contribution in [2.24, 2.45) is 5.92 Å². The lowest BCUT2D eigenvalue weighted by molar-refractivity contribution is -0.547. The van der Waals surface area contributed by atoms with Crippen LogP contribution in [0.2, 0.25) is 0 Å². The number of ketones is 1. The van der Waals surface area contributed by atoms with E-state index in [4.69, 9.17) is 9.47 Å². The molecule has 3 rings (SSSR count). The molecule has 18 heteroatoms. The molecule has 1 aromatic rings. The van der Waals surface area contributed by atoms with Crippen LogP contribution in [0.25, 0.3) is 0 Å². The third-order valence-corrected chi connectivity index (χ3v) is 6.79. The van der Waals surface area contributed by atoms with Gasteiger partial charge < -0.3 is 81.0 Å². The molecule has 0 spiro atoms. The van der Waals surface area contributed by atoms with Gasteiger partial charge in [-0.1, -0.05) is 0 Å². The van der Waals surface area contributed by atoms with E-state index in [0.29, 0.717) is 0 Å². The molecule has 0 bridgehead atoms. The van der Waals surface area contributed by atoms with E-state index in [1.165, 1.54) is 0 Å². The SMILES string of the molecule is COc1cc2c(cc1OC)C(O)(O)C(O)(O)N1CC(C(O)(O)C(O)(C(O)(O)O)C(O)(O)O)C(=O)CC21O. The van der Waals surface area contributed by atoms with Crippen LogP contribution >= 0.6 is 0 Å². The van der Waals surface area contributed by atoms with Gasteiger partial charge in [-0.3, -0.25) is 4.79 Å². The Labute approximate surface area is 205 Å². The van der Waals surface area contributed by atoms with E-state index in [1.807, 2.05) is 0 Å². The molecule has 14 N–H and O–H groups in total. The molecule has 0 amide bonds. The number of benzene rings is 1. The lowest BCUT2D eigenvalue weighted by Gasteiger charge is -2.59. The van der Waals surface area contributed by atoms with Crippen molar-refractivity contribution in [1.29, 1.82) is 0 Å². The van der Waals surface area contributed by atoms with E-state index in [-0.39, 0.29) is 16.4 Å². The molecule has 1 saturated heterocycles. The van der Waals surface area contributed by atoms with Crippen molar-refractivity contribution in [2.45, 2.75) is 47.2 Å². The van der Waals surface area contributed by atoms with Gasteiger partial charge in [0.2, 0.25) is 5.79 Å². The van der Waals surface area contributed by atoms with Crippen LogP contribution in [0.1, 0.15) is 17.5 Å². The summed E-state index contributed by atoms with van der Waals surface area (Å²) in [6, 6.07) is 1.75. The largest absolute Gasteiger partial charge is 0.493 e. The number of carbonyl (C=O) groups is 1. The Bertz CT molecular complexity index is 1070. The summed E-state index contributed by atoms with van der Waals surface area (Å²) < 4.78 is 10.1. The number of methoxy groups -OCH3 is 2. The molecule has 0 aromatic heterocycles. The molecule has 18 nitrogen and oxygen atoms in total. The molecular formula is C19H27NO17. The minimum atomic E-state index is -5.02. The highest BCUT2D eigenvalue weighted by molar-refractivity contribution is 5.85. The monoisotopic (exact) mass is 541 g/mol. The second kappa shape index (κ2) is 8.19. The number of hydrogen-bond acceptors (Lipinski definition) is 18. The highest BCUT2D eigenvalue weighted by Gasteiger charge is 2.78. The number of carbonyl (C=O) groups excluding carboxylic acids is 1. The van der Waals surface area contributed by atoms with Crippen molar-refractivity contribution in [3.05, 3.63) is 23.3 Å². The molecule has 0 radical (unpaired) electrons. The quantitative estimate of drug-likeness (QED) is 0.149. The van der Waals surface area contributed by atoms with E-state index in [0.717, 1.165) is 26.4 Å². The molecule has 2 unspecified atom stereocenters. The zero-order chi connectivity index (χ0) is 28.8. The average molecular weight is 541 g/mol. The van der Waals surface area contributed by atoms with Crippen LogP contribution in [-0.4, -0.2) is 132 Å². The standard InChI is InChI=1S/C19H27NO17/c1-36-11-3-7-8(4-12(11)37-2)15(25,26)17(28,29)20-6-9(10(21)5-13(7,20)22)14(23,24)16(27,18(30,31)32)19(33,34)35/h3-4,9,22-35H,5-6H2,1-2H3. The second-order valence-electron chi connectivity index (χ2n) is 8.89. The number of nitrogens with zero attached hydrogens (tertiary/aromatic N) is 1. The van der Waals surface area contributed by atoms with Crippen LogP contribution in [0.4, 0.5) is 0 Å². The smallest absolute Gasteiger partial charge is 0.320 e. The fourth-order valence-corrected chi connectivity index (χ4v) is 4.71. The molecule has 0 saturated carbocycles. The zero-order valence-electron chi connectivity index (χ0n) is 19.1. The number of piperidine rings is 1. The summed E-state index contributed by atoms with van der Waals surface area (Å²) in [7, 11) is 2.29. The zero-order valence-corrected chi connectivity index (χ0v) is 19.1. The van der Waals surface area contributed by atoms with Gasteiger partial charge in [-0.15, -0.1) is 0 Å². The van der Waals surface area contributed by atoms with Gasteiger partial charge in [-0.2, -0.15) is 0 Å². The lowest BCUT2D eigenvalue weighted by Crippen LogP contribution is -2.83. The van der Waals surface area contributed by atoms with Crippen LogP contribution < -0.4 is 9.47 Å². The Kier molecular flexibility index (Phi) is 6.52. The summed E-state index contributed by atoms with van der Waals surface area (Å²) in [4.78, 5) is 12.9. The van der Waals surface area contributed by atoms with Crippen molar-refractivity contribution >= 4 is 5.78 Å². The Hall–Kier alpha value is -2.11. The normalized spacial score (nSPS) is 26.4. The first-order chi connectivity index (χ1) is 16.5. The fraction of sp³-hybridized carbons (Fsp3) is 0.632. The van der Waals surface area contributed by atoms with Gasteiger partial charge in [-0.25, -0.2) is 4.90 Å². The fourth-order valence-electron chi connectivity index (χ4n) is 4.71. The summed E-state index contributed by atoms with van der Waals surface area (Å²) >= 11 is 0. The topological polar surface area (TPSA) is 322 Å². The maximum Gasteiger partial charge on any atom is 0.320 e. The predicted octanol–water partition coefficient (Wildman–Crippen LogP) is -7.80. The second-order valence-corrected chi connectivity index (χ2v) is 8.89. The first-order valence-corrected chi connectivity index (χ1v) is 10.2. The molecule has 1 fully saturated rings. The summed E-state index contributed by atoms with van der Waals surface area (Å²) in [5.41, 5.74) is -9.34. The maximum atomic E-state index is 13.0. The highest BCUT2D eigenvalue weighted by Crippen LogP contribution is 2.55. The Morgan fingerprint density at radius 1 is 0.811 bits per heavy atom. The van der Waals surface area contributed by atoms with Crippen molar-refractivity contribution in [1.82, 2.24) is 4.90 Å². The summed E-state index contributed by atoms with van der Waals surface area (Å²) in [5.74, 6) is -27.1. The van der Waals surface area contributed by atoms with Crippen LogP contribution in [0.15, 0.2) is 12.1 Å². The Morgan fingerprint density at radius 3 is 1.65 bits per heavy atom. The summed E-state index contributed by atoms with van der Waals surface area (Å²) in [5, 5.41) is 142. The van der Waals surface area contributed by atoms with E-state index in [1.54, 1.807) is 0 Å². The van der Waals surface area contributed by atoms with Gasteiger partial charge in [0.15, 0.2) is 17.2 Å². The Morgan fingerprint density at radius 2 is 1.24 bits per heavy atom. The number of fused-ring (bicyclic) bond motifs is 3. The van der Waals surface area contributed by atoms with Gasteiger partial charge in [0.05, 0.1) is 26.6 Å². The summed E-state index contributed by atoms with van der Waals surface area (Å²) in [6.45, 7) is -1.65. The minimum Gasteiger partial charge on any atom is -0.493 e. The number of hydrogen-bond donors (Lipinski definition) is 14. The van der Waals surface area contributed by atoms with E-state index in [2.05, 4.69) is 0 Å². The molecule has 37 heavy (non-hydrogen) atoms. The number of rotatable bonds is 6. The average Bonchev–Trinajstić information content (AvgIpc) is 2.74. The van der Waals surface area contributed by atoms with Gasteiger partial charge in [0.1, 0.15) is 5.78 Å². The molecule has 2 aliphatic rings. The van der Waals surface area contributed by atoms with Crippen molar-refractivity contribution in [3.8, 4) is 11.5 Å².